The van der Waals surface area contributed by atoms with Crippen LogP contribution in [0.4, 0.5) is 0 Å². The minimum absolute atomic E-state index is 0.287. The standard InChI is InChI=1S/C20H23NO5S/c1-21(12-14-7-5-6-8-17(14)24-2)19(22)13-26-20(23)16-10-9-15(27-4)11-18(16)25-3/h5-11H,12-13H2,1-4H3. The van der Waals surface area contributed by atoms with Gasteiger partial charge in [0.05, 0.1) is 14.2 Å². The van der Waals surface area contributed by atoms with Crippen LogP contribution in [0.25, 0.3) is 0 Å². The van der Waals surface area contributed by atoms with Crippen LogP contribution in [0.2, 0.25) is 0 Å². The van der Waals surface area contributed by atoms with Crippen LogP contribution in [0.5, 0.6) is 11.5 Å². The summed E-state index contributed by atoms with van der Waals surface area (Å²) in [5.41, 5.74) is 1.16. The lowest BCUT2D eigenvalue weighted by Gasteiger charge is -2.19. The van der Waals surface area contributed by atoms with Crippen molar-refractivity contribution in [2.45, 2.75) is 11.4 Å². The maximum Gasteiger partial charge on any atom is 0.342 e. The van der Waals surface area contributed by atoms with Gasteiger partial charge in [-0.2, -0.15) is 0 Å². The Morgan fingerprint density at radius 3 is 2.41 bits per heavy atom. The van der Waals surface area contributed by atoms with Gasteiger partial charge in [-0.3, -0.25) is 4.79 Å². The normalized spacial score (nSPS) is 10.2. The molecule has 1 amide bonds. The maximum absolute atomic E-state index is 12.3. The predicted molar refractivity (Wildman–Crippen MR) is 105 cm³/mol. The van der Waals surface area contributed by atoms with Crippen LogP contribution in [-0.4, -0.2) is 50.9 Å². The first-order valence-corrected chi connectivity index (χ1v) is 9.47. The van der Waals surface area contributed by atoms with Crippen molar-refractivity contribution in [1.82, 2.24) is 4.90 Å². The van der Waals surface area contributed by atoms with Gasteiger partial charge in [0, 0.05) is 24.1 Å². The summed E-state index contributed by atoms with van der Waals surface area (Å²) in [5, 5.41) is 0. The van der Waals surface area contributed by atoms with E-state index in [0.29, 0.717) is 18.0 Å². The fourth-order valence-electron chi connectivity index (χ4n) is 2.46. The molecule has 0 unspecified atom stereocenters. The largest absolute Gasteiger partial charge is 0.496 e. The van der Waals surface area contributed by atoms with E-state index in [1.54, 1.807) is 44.1 Å². The number of carbonyl (C=O) groups excluding carboxylic acids is 2. The molecule has 0 fully saturated rings. The number of esters is 1. The van der Waals surface area contributed by atoms with Crippen molar-refractivity contribution in [3.8, 4) is 11.5 Å². The van der Waals surface area contributed by atoms with Crippen molar-refractivity contribution in [3.63, 3.8) is 0 Å². The molecule has 0 bridgehead atoms. The summed E-state index contributed by atoms with van der Waals surface area (Å²) < 4.78 is 15.7. The Morgan fingerprint density at radius 2 is 1.74 bits per heavy atom. The fraction of sp³-hybridized carbons (Fsp3) is 0.300. The minimum atomic E-state index is -0.599. The number of nitrogens with zero attached hydrogens (tertiary/aromatic N) is 1. The molecular weight excluding hydrogens is 366 g/mol. The van der Waals surface area contributed by atoms with Crippen LogP contribution in [0, 0.1) is 0 Å². The number of carbonyl (C=O) groups is 2. The highest BCUT2D eigenvalue weighted by atomic mass is 32.2. The minimum Gasteiger partial charge on any atom is -0.496 e. The Balaban J connectivity index is 1.97. The summed E-state index contributed by atoms with van der Waals surface area (Å²) in [6, 6.07) is 12.7. The Hall–Kier alpha value is -2.67. The van der Waals surface area contributed by atoms with E-state index in [0.717, 1.165) is 10.5 Å². The first-order valence-electron chi connectivity index (χ1n) is 8.25. The zero-order chi connectivity index (χ0) is 19.8. The average Bonchev–Trinajstić information content (AvgIpc) is 2.71. The van der Waals surface area contributed by atoms with Crippen LogP contribution in [0.3, 0.4) is 0 Å². The molecule has 0 saturated heterocycles. The van der Waals surface area contributed by atoms with Crippen molar-refractivity contribution in [2.75, 3.05) is 34.1 Å². The second-order valence-corrected chi connectivity index (χ2v) is 6.58. The second-order valence-electron chi connectivity index (χ2n) is 5.70. The van der Waals surface area contributed by atoms with Crippen LogP contribution in [-0.2, 0) is 16.1 Å². The van der Waals surface area contributed by atoms with Gasteiger partial charge in [-0.15, -0.1) is 11.8 Å². The summed E-state index contributed by atoms with van der Waals surface area (Å²) in [5.74, 6) is 0.210. The lowest BCUT2D eigenvalue weighted by Crippen LogP contribution is -2.31. The maximum atomic E-state index is 12.3. The molecule has 0 aliphatic carbocycles. The molecule has 0 aromatic heterocycles. The van der Waals surface area contributed by atoms with Gasteiger partial charge < -0.3 is 19.1 Å². The van der Waals surface area contributed by atoms with Gasteiger partial charge in [0.25, 0.3) is 5.91 Å². The Morgan fingerprint density at radius 1 is 1.04 bits per heavy atom. The van der Waals surface area contributed by atoms with Crippen molar-refractivity contribution >= 4 is 23.6 Å². The molecule has 2 rings (SSSR count). The molecule has 0 radical (unpaired) electrons. The van der Waals surface area contributed by atoms with E-state index < -0.39 is 5.97 Å². The Kier molecular flexibility index (Phi) is 7.55. The number of benzene rings is 2. The van der Waals surface area contributed by atoms with E-state index in [9.17, 15) is 9.59 Å². The van der Waals surface area contributed by atoms with Gasteiger partial charge in [0.15, 0.2) is 6.61 Å². The van der Waals surface area contributed by atoms with Crippen molar-refractivity contribution in [1.29, 1.82) is 0 Å². The molecule has 0 aliphatic rings. The fourth-order valence-corrected chi connectivity index (χ4v) is 2.89. The molecule has 0 saturated carbocycles. The van der Waals surface area contributed by atoms with Crippen LogP contribution >= 0.6 is 11.8 Å². The summed E-state index contributed by atoms with van der Waals surface area (Å²) in [4.78, 5) is 27.1. The molecular formula is C20H23NO5S. The summed E-state index contributed by atoms with van der Waals surface area (Å²) in [6.45, 7) is 0.00402. The third kappa shape index (κ3) is 5.40. The van der Waals surface area contributed by atoms with Gasteiger partial charge in [-0.1, -0.05) is 18.2 Å². The number of hydrogen-bond donors (Lipinski definition) is 0. The summed E-state index contributed by atoms with van der Waals surface area (Å²) in [6.07, 6.45) is 1.93. The van der Waals surface area contributed by atoms with Gasteiger partial charge in [0.1, 0.15) is 17.1 Å². The molecule has 27 heavy (non-hydrogen) atoms. The SMILES string of the molecule is COc1ccccc1CN(C)C(=O)COC(=O)c1ccc(SC)cc1OC. The zero-order valence-corrected chi connectivity index (χ0v) is 16.7. The number of likely N-dealkylation sites (N-methyl/N-ethyl adjacent to an activating group) is 1. The smallest absolute Gasteiger partial charge is 0.342 e. The van der Waals surface area contributed by atoms with E-state index in [4.69, 9.17) is 14.2 Å². The highest BCUT2D eigenvalue weighted by molar-refractivity contribution is 7.98. The number of ether oxygens (including phenoxy) is 3. The van der Waals surface area contributed by atoms with E-state index >= 15 is 0 Å². The van der Waals surface area contributed by atoms with Crippen molar-refractivity contribution in [3.05, 3.63) is 53.6 Å². The zero-order valence-electron chi connectivity index (χ0n) is 15.9. The molecule has 6 nitrogen and oxygen atoms in total. The molecule has 2 aromatic carbocycles. The van der Waals surface area contributed by atoms with E-state index in [1.165, 1.54) is 12.0 Å². The van der Waals surface area contributed by atoms with Gasteiger partial charge in [0.2, 0.25) is 0 Å². The molecule has 0 atom stereocenters. The van der Waals surface area contributed by atoms with Crippen LogP contribution in [0.1, 0.15) is 15.9 Å². The van der Waals surface area contributed by atoms with Crippen molar-refractivity contribution < 1.29 is 23.8 Å². The molecule has 0 spiro atoms. The molecule has 7 heteroatoms. The first kappa shape index (κ1) is 20.6. The van der Waals surface area contributed by atoms with Crippen molar-refractivity contribution in [2.24, 2.45) is 0 Å². The van der Waals surface area contributed by atoms with Crippen LogP contribution in [0.15, 0.2) is 47.4 Å². The van der Waals surface area contributed by atoms with E-state index in [2.05, 4.69) is 0 Å². The quantitative estimate of drug-likeness (QED) is 0.510. The molecule has 0 heterocycles. The number of thioether (sulfide) groups is 1. The monoisotopic (exact) mass is 389 g/mol. The lowest BCUT2D eigenvalue weighted by atomic mass is 10.2. The average molecular weight is 389 g/mol. The molecule has 144 valence electrons. The first-order chi connectivity index (χ1) is 13.0. The Labute approximate surface area is 163 Å². The lowest BCUT2D eigenvalue weighted by molar-refractivity contribution is -0.133. The number of amides is 1. The molecule has 2 aromatic rings. The van der Waals surface area contributed by atoms with E-state index in [1.807, 2.05) is 30.5 Å². The molecule has 0 aliphatic heterocycles. The number of rotatable bonds is 8. The number of methoxy groups -OCH3 is 2. The summed E-state index contributed by atoms with van der Waals surface area (Å²) >= 11 is 1.54. The highest BCUT2D eigenvalue weighted by Crippen LogP contribution is 2.26. The molecule has 0 N–H and O–H groups in total. The third-order valence-electron chi connectivity index (χ3n) is 3.98. The third-order valence-corrected chi connectivity index (χ3v) is 4.71. The van der Waals surface area contributed by atoms with Gasteiger partial charge >= 0.3 is 5.97 Å². The topological polar surface area (TPSA) is 65.1 Å². The van der Waals surface area contributed by atoms with Gasteiger partial charge in [-0.25, -0.2) is 4.79 Å². The van der Waals surface area contributed by atoms with E-state index in [-0.39, 0.29) is 18.1 Å². The van der Waals surface area contributed by atoms with Crippen LogP contribution < -0.4 is 9.47 Å². The predicted octanol–water partition coefficient (Wildman–Crippen LogP) is 3.24. The number of para-hydroxylation sites is 1. The summed E-state index contributed by atoms with van der Waals surface area (Å²) in [7, 11) is 4.72. The van der Waals surface area contributed by atoms with Gasteiger partial charge in [-0.05, 0) is 30.5 Å². The highest BCUT2D eigenvalue weighted by Gasteiger charge is 2.18. The number of hydrogen-bond acceptors (Lipinski definition) is 6. The second kappa shape index (κ2) is 9.87. The Bertz CT molecular complexity index is 809.